The predicted molar refractivity (Wildman–Crippen MR) is 85.9 cm³/mol. The van der Waals surface area contributed by atoms with Crippen LogP contribution < -0.4 is 10.1 Å². The van der Waals surface area contributed by atoms with Gasteiger partial charge in [-0.05, 0) is 44.5 Å². The standard InChI is InChI=1S/C16H22BrNO2/c1-3-10-20-16-8-7-15(17)12-14(16)13-18-9-5-6-11-19-4-2/h1,7-8,12,18H,4-6,9-11,13H2,2H3. The minimum atomic E-state index is 0.295. The van der Waals surface area contributed by atoms with Crippen LogP contribution in [0.25, 0.3) is 0 Å². The summed E-state index contributed by atoms with van der Waals surface area (Å²) in [5.74, 6) is 3.33. The fourth-order valence-electron chi connectivity index (χ4n) is 1.77. The van der Waals surface area contributed by atoms with E-state index >= 15 is 0 Å². The second kappa shape index (κ2) is 10.7. The molecule has 0 heterocycles. The fraction of sp³-hybridized carbons (Fsp3) is 0.500. The lowest BCUT2D eigenvalue weighted by Crippen LogP contribution is -2.16. The Kier molecular flexibility index (Phi) is 9.14. The van der Waals surface area contributed by atoms with Crippen molar-refractivity contribution >= 4 is 15.9 Å². The maximum atomic E-state index is 5.53. The quantitative estimate of drug-likeness (QED) is 0.523. The SMILES string of the molecule is C#CCOc1ccc(Br)cc1CNCCCCOCC. The van der Waals surface area contributed by atoms with Crippen molar-refractivity contribution < 1.29 is 9.47 Å². The summed E-state index contributed by atoms with van der Waals surface area (Å²) >= 11 is 3.48. The number of terminal acetylenes is 1. The molecule has 110 valence electrons. The number of unbranched alkanes of at least 4 members (excludes halogenated alkanes) is 1. The molecule has 0 aliphatic carbocycles. The Labute approximate surface area is 130 Å². The van der Waals surface area contributed by atoms with E-state index in [1.54, 1.807) is 0 Å². The van der Waals surface area contributed by atoms with Gasteiger partial charge >= 0.3 is 0 Å². The molecule has 0 unspecified atom stereocenters. The lowest BCUT2D eigenvalue weighted by molar-refractivity contribution is 0.143. The Hall–Kier alpha value is -1.02. The first-order chi connectivity index (χ1) is 9.77. The first-order valence-electron chi connectivity index (χ1n) is 6.91. The van der Waals surface area contributed by atoms with Crippen LogP contribution in [0.3, 0.4) is 0 Å². The molecule has 1 aromatic carbocycles. The normalized spacial score (nSPS) is 10.2. The highest BCUT2D eigenvalue weighted by atomic mass is 79.9. The summed E-state index contributed by atoms with van der Waals surface area (Å²) in [7, 11) is 0. The summed E-state index contributed by atoms with van der Waals surface area (Å²) in [5, 5.41) is 3.41. The van der Waals surface area contributed by atoms with Crippen LogP contribution in [0.1, 0.15) is 25.3 Å². The molecule has 0 aliphatic rings. The molecule has 0 fully saturated rings. The van der Waals surface area contributed by atoms with Gasteiger partial charge in [0.1, 0.15) is 12.4 Å². The molecule has 0 aromatic heterocycles. The molecule has 0 saturated carbocycles. The maximum absolute atomic E-state index is 5.53. The van der Waals surface area contributed by atoms with Crippen molar-refractivity contribution in [1.29, 1.82) is 0 Å². The monoisotopic (exact) mass is 339 g/mol. The van der Waals surface area contributed by atoms with Crippen molar-refractivity contribution in [1.82, 2.24) is 5.32 Å². The molecule has 3 nitrogen and oxygen atoms in total. The van der Waals surface area contributed by atoms with Gasteiger partial charge in [0.05, 0.1) is 0 Å². The van der Waals surface area contributed by atoms with E-state index in [2.05, 4.69) is 33.2 Å². The molecule has 1 N–H and O–H groups in total. The Balaban J connectivity index is 2.34. The number of hydrogen-bond donors (Lipinski definition) is 1. The molecule has 0 atom stereocenters. The van der Waals surface area contributed by atoms with Gasteiger partial charge in [0.25, 0.3) is 0 Å². The van der Waals surface area contributed by atoms with E-state index in [0.29, 0.717) is 6.61 Å². The van der Waals surface area contributed by atoms with E-state index in [0.717, 1.165) is 54.9 Å². The molecule has 20 heavy (non-hydrogen) atoms. The van der Waals surface area contributed by atoms with Crippen LogP contribution in [0.4, 0.5) is 0 Å². The molecule has 0 aliphatic heterocycles. The van der Waals surface area contributed by atoms with Crippen LogP contribution in [0, 0.1) is 12.3 Å². The van der Waals surface area contributed by atoms with Crippen molar-refractivity contribution in [2.75, 3.05) is 26.4 Å². The molecule has 0 saturated heterocycles. The maximum Gasteiger partial charge on any atom is 0.148 e. The number of hydrogen-bond acceptors (Lipinski definition) is 3. The van der Waals surface area contributed by atoms with E-state index in [-0.39, 0.29) is 0 Å². The molecule has 0 radical (unpaired) electrons. The zero-order valence-corrected chi connectivity index (χ0v) is 13.5. The minimum Gasteiger partial charge on any atom is -0.481 e. The largest absolute Gasteiger partial charge is 0.481 e. The molecular weight excluding hydrogens is 318 g/mol. The number of benzene rings is 1. The van der Waals surface area contributed by atoms with E-state index in [4.69, 9.17) is 15.9 Å². The summed E-state index contributed by atoms with van der Waals surface area (Å²) in [4.78, 5) is 0. The van der Waals surface area contributed by atoms with Gasteiger partial charge in [0.15, 0.2) is 0 Å². The van der Waals surface area contributed by atoms with Gasteiger partial charge in [-0.3, -0.25) is 0 Å². The van der Waals surface area contributed by atoms with Gasteiger partial charge in [-0.25, -0.2) is 0 Å². The predicted octanol–water partition coefficient (Wildman–Crippen LogP) is 3.37. The highest BCUT2D eigenvalue weighted by Crippen LogP contribution is 2.23. The van der Waals surface area contributed by atoms with Gasteiger partial charge < -0.3 is 14.8 Å². The first kappa shape index (κ1) is 17.0. The Bertz CT molecular complexity index is 429. The summed E-state index contributed by atoms with van der Waals surface area (Å²) in [6, 6.07) is 5.95. The van der Waals surface area contributed by atoms with E-state index < -0.39 is 0 Å². The third kappa shape index (κ3) is 6.95. The fourth-order valence-corrected chi connectivity index (χ4v) is 2.18. The Morgan fingerprint density at radius 3 is 2.95 bits per heavy atom. The van der Waals surface area contributed by atoms with Crippen molar-refractivity contribution in [2.45, 2.75) is 26.3 Å². The average molecular weight is 340 g/mol. The van der Waals surface area contributed by atoms with Gasteiger partial charge in [-0.2, -0.15) is 0 Å². The molecule has 0 spiro atoms. The molecule has 4 heteroatoms. The smallest absolute Gasteiger partial charge is 0.148 e. The van der Waals surface area contributed by atoms with Crippen molar-refractivity contribution in [3.8, 4) is 18.1 Å². The Morgan fingerprint density at radius 2 is 2.20 bits per heavy atom. The summed E-state index contributed by atoms with van der Waals surface area (Å²) in [5.41, 5.74) is 1.11. The number of ether oxygens (including phenoxy) is 2. The Morgan fingerprint density at radius 1 is 1.35 bits per heavy atom. The highest BCUT2D eigenvalue weighted by molar-refractivity contribution is 9.10. The molecule has 1 rings (SSSR count). The summed E-state index contributed by atoms with van der Waals surface area (Å²) in [6.07, 6.45) is 7.41. The van der Waals surface area contributed by atoms with Gasteiger partial charge in [-0.1, -0.05) is 21.9 Å². The third-order valence-corrected chi connectivity index (χ3v) is 3.24. The molecular formula is C16H22BrNO2. The van der Waals surface area contributed by atoms with Gasteiger partial charge in [-0.15, -0.1) is 6.42 Å². The number of nitrogens with one attached hydrogen (secondary N) is 1. The molecule has 1 aromatic rings. The zero-order chi connectivity index (χ0) is 14.6. The average Bonchev–Trinajstić information content (AvgIpc) is 2.45. The van der Waals surface area contributed by atoms with Crippen LogP contribution in [0.5, 0.6) is 5.75 Å². The van der Waals surface area contributed by atoms with E-state index in [1.807, 2.05) is 19.1 Å². The molecule has 0 amide bonds. The first-order valence-corrected chi connectivity index (χ1v) is 7.70. The minimum absolute atomic E-state index is 0.295. The van der Waals surface area contributed by atoms with Gasteiger partial charge in [0, 0.05) is 29.8 Å². The summed E-state index contributed by atoms with van der Waals surface area (Å²) in [6.45, 7) is 5.68. The summed E-state index contributed by atoms with van der Waals surface area (Å²) < 4.78 is 11.9. The van der Waals surface area contributed by atoms with Crippen molar-refractivity contribution in [2.24, 2.45) is 0 Å². The van der Waals surface area contributed by atoms with Crippen molar-refractivity contribution in [3.63, 3.8) is 0 Å². The second-order valence-electron chi connectivity index (χ2n) is 4.33. The highest BCUT2D eigenvalue weighted by Gasteiger charge is 2.04. The van der Waals surface area contributed by atoms with Crippen LogP contribution in [0.2, 0.25) is 0 Å². The lowest BCUT2D eigenvalue weighted by atomic mass is 10.2. The van der Waals surface area contributed by atoms with E-state index in [1.165, 1.54) is 0 Å². The van der Waals surface area contributed by atoms with Gasteiger partial charge in [0.2, 0.25) is 0 Å². The third-order valence-electron chi connectivity index (χ3n) is 2.75. The van der Waals surface area contributed by atoms with Crippen LogP contribution >= 0.6 is 15.9 Å². The zero-order valence-electron chi connectivity index (χ0n) is 12.0. The van der Waals surface area contributed by atoms with Crippen LogP contribution in [-0.2, 0) is 11.3 Å². The van der Waals surface area contributed by atoms with Crippen molar-refractivity contribution in [3.05, 3.63) is 28.2 Å². The number of rotatable bonds is 10. The van der Waals surface area contributed by atoms with Crippen LogP contribution in [0.15, 0.2) is 22.7 Å². The second-order valence-corrected chi connectivity index (χ2v) is 5.24. The number of halogens is 1. The van der Waals surface area contributed by atoms with Crippen LogP contribution in [-0.4, -0.2) is 26.4 Å². The van der Waals surface area contributed by atoms with E-state index in [9.17, 15) is 0 Å². The molecule has 0 bridgehead atoms. The topological polar surface area (TPSA) is 30.5 Å². The lowest BCUT2D eigenvalue weighted by Gasteiger charge is -2.11.